The summed E-state index contributed by atoms with van der Waals surface area (Å²) >= 11 is 0. The molecule has 1 aromatic heterocycles. The van der Waals surface area contributed by atoms with Crippen LogP contribution >= 0.6 is 0 Å². The summed E-state index contributed by atoms with van der Waals surface area (Å²) in [6, 6.07) is 0. The van der Waals surface area contributed by atoms with Crippen LogP contribution in [0.1, 0.15) is 24.1 Å². The van der Waals surface area contributed by atoms with E-state index in [1.165, 1.54) is 11.3 Å². The van der Waals surface area contributed by atoms with E-state index in [1.807, 2.05) is 4.68 Å². The lowest BCUT2D eigenvalue weighted by Gasteiger charge is -2.21. The van der Waals surface area contributed by atoms with Crippen molar-refractivity contribution in [2.24, 2.45) is 0 Å². The summed E-state index contributed by atoms with van der Waals surface area (Å²) in [5, 5.41) is 7.86. The van der Waals surface area contributed by atoms with Crippen LogP contribution in [-0.2, 0) is 17.8 Å². The molecule has 1 atom stereocenters. The Hall–Kier alpha value is -0.870. The Bertz CT molecular complexity index is 308. The van der Waals surface area contributed by atoms with Gasteiger partial charge in [-0.1, -0.05) is 0 Å². The van der Waals surface area contributed by atoms with Crippen LogP contribution in [0.15, 0.2) is 6.20 Å². The van der Waals surface area contributed by atoms with Crippen LogP contribution < -0.4 is 5.32 Å². The average molecular weight is 195 g/mol. The Morgan fingerprint density at radius 1 is 1.71 bits per heavy atom. The number of hydrogen-bond acceptors (Lipinski definition) is 3. The van der Waals surface area contributed by atoms with E-state index in [2.05, 4.69) is 23.5 Å². The van der Waals surface area contributed by atoms with Crippen LogP contribution in [0.4, 0.5) is 0 Å². The highest BCUT2D eigenvalue weighted by atomic mass is 16.5. The Kier molecular flexibility index (Phi) is 2.84. The van der Waals surface area contributed by atoms with Crippen LogP contribution in [0, 0.1) is 0 Å². The Morgan fingerprint density at radius 3 is 3.29 bits per heavy atom. The monoisotopic (exact) mass is 195 g/mol. The molecule has 1 N–H and O–H groups in total. The number of nitrogens with zero attached hydrogens (tertiary/aromatic N) is 2. The molecule has 2 heterocycles. The normalized spacial score (nSPS) is 20.9. The summed E-state index contributed by atoms with van der Waals surface area (Å²) in [6.07, 6.45) is 2.15. The zero-order valence-corrected chi connectivity index (χ0v) is 8.79. The molecule has 0 radical (unpaired) electrons. The maximum atomic E-state index is 5.20. The van der Waals surface area contributed by atoms with Gasteiger partial charge in [0.1, 0.15) is 0 Å². The van der Waals surface area contributed by atoms with Crippen molar-refractivity contribution < 1.29 is 4.74 Å². The predicted octanol–water partition coefficient (Wildman–Crippen LogP) is 0.736. The van der Waals surface area contributed by atoms with Gasteiger partial charge in [0.05, 0.1) is 12.3 Å². The molecule has 78 valence electrons. The molecule has 0 bridgehead atoms. The molecule has 4 nitrogen and oxygen atoms in total. The molecule has 0 saturated heterocycles. The molecule has 2 rings (SSSR count). The molecule has 0 aliphatic carbocycles. The summed E-state index contributed by atoms with van der Waals surface area (Å²) in [6.45, 7) is 5.71. The number of aromatic nitrogens is 2. The summed E-state index contributed by atoms with van der Waals surface area (Å²) in [7, 11) is 1.75. The van der Waals surface area contributed by atoms with E-state index in [-0.39, 0.29) is 0 Å². The van der Waals surface area contributed by atoms with Gasteiger partial charge in [-0.05, 0) is 6.92 Å². The highest BCUT2D eigenvalue weighted by molar-refractivity contribution is 5.25. The number of aryl methyl sites for hydroxylation is 1. The second-order valence-corrected chi connectivity index (χ2v) is 3.67. The SMILES string of the molecule is CCn1cc2c(n1)CNC[C@H]2COC. The fraction of sp³-hybridized carbons (Fsp3) is 0.700. The van der Waals surface area contributed by atoms with Crippen molar-refractivity contribution >= 4 is 0 Å². The van der Waals surface area contributed by atoms with E-state index in [0.717, 1.165) is 26.2 Å². The second-order valence-electron chi connectivity index (χ2n) is 3.67. The van der Waals surface area contributed by atoms with Crippen molar-refractivity contribution in [2.75, 3.05) is 20.3 Å². The van der Waals surface area contributed by atoms with Gasteiger partial charge in [-0.25, -0.2) is 0 Å². The molecule has 14 heavy (non-hydrogen) atoms. The largest absolute Gasteiger partial charge is 0.384 e. The number of fused-ring (bicyclic) bond motifs is 1. The molecular formula is C10H17N3O. The third kappa shape index (κ3) is 1.67. The maximum absolute atomic E-state index is 5.20. The minimum Gasteiger partial charge on any atom is -0.384 e. The number of nitrogens with one attached hydrogen (secondary N) is 1. The summed E-state index contributed by atoms with van der Waals surface area (Å²) in [5.74, 6) is 0.462. The van der Waals surface area contributed by atoms with Crippen molar-refractivity contribution in [3.63, 3.8) is 0 Å². The molecule has 0 spiro atoms. The van der Waals surface area contributed by atoms with Crippen LogP contribution in [0.3, 0.4) is 0 Å². The molecule has 4 heteroatoms. The van der Waals surface area contributed by atoms with Gasteiger partial charge in [-0.15, -0.1) is 0 Å². The summed E-state index contributed by atoms with van der Waals surface area (Å²) in [4.78, 5) is 0. The first-order valence-electron chi connectivity index (χ1n) is 5.11. The zero-order valence-electron chi connectivity index (χ0n) is 8.79. The number of ether oxygens (including phenoxy) is 1. The number of rotatable bonds is 3. The molecule has 1 aromatic rings. The first-order chi connectivity index (χ1) is 6.85. The van der Waals surface area contributed by atoms with Gasteiger partial charge in [0.25, 0.3) is 0 Å². The lowest BCUT2D eigenvalue weighted by atomic mass is 9.97. The van der Waals surface area contributed by atoms with Gasteiger partial charge in [0, 0.05) is 44.4 Å². The van der Waals surface area contributed by atoms with Gasteiger partial charge in [-0.2, -0.15) is 5.10 Å². The lowest BCUT2D eigenvalue weighted by Crippen LogP contribution is -2.29. The smallest absolute Gasteiger partial charge is 0.0798 e. The standard InChI is InChI=1S/C10H17N3O/c1-3-13-6-9-8(7-14-2)4-11-5-10(9)12-13/h6,8,11H,3-5,7H2,1-2H3/t8-/m0/s1. The van der Waals surface area contributed by atoms with E-state index in [0.29, 0.717) is 5.92 Å². The van der Waals surface area contributed by atoms with Crippen LogP contribution in [-0.4, -0.2) is 30.0 Å². The zero-order chi connectivity index (χ0) is 9.97. The van der Waals surface area contributed by atoms with Crippen LogP contribution in [0.5, 0.6) is 0 Å². The first kappa shape index (κ1) is 9.68. The van der Waals surface area contributed by atoms with Crippen LogP contribution in [0.25, 0.3) is 0 Å². The van der Waals surface area contributed by atoms with Crippen molar-refractivity contribution in [3.05, 3.63) is 17.5 Å². The molecule has 0 unspecified atom stereocenters. The third-order valence-electron chi connectivity index (χ3n) is 2.69. The molecule has 0 amide bonds. The average Bonchev–Trinajstić information content (AvgIpc) is 2.62. The fourth-order valence-corrected chi connectivity index (χ4v) is 1.94. The van der Waals surface area contributed by atoms with Crippen molar-refractivity contribution in [2.45, 2.75) is 25.9 Å². The van der Waals surface area contributed by atoms with Crippen molar-refractivity contribution in [1.82, 2.24) is 15.1 Å². The highest BCUT2D eigenvalue weighted by Gasteiger charge is 2.22. The maximum Gasteiger partial charge on any atom is 0.0798 e. The van der Waals surface area contributed by atoms with E-state index < -0.39 is 0 Å². The molecule has 0 saturated carbocycles. The van der Waals surface area contributed by atoms with E-state index in [4.69, 9.17) is 4.74 Å². The Morgan fingerprint density at radius 2 is 2.57 bits per heavy atom. The van der Waals surface area contributed by atoms with Crippen molar-refractivity contribution in [1.29, 1.82) is 0 Å². The third-order valence-corrected chi connectivity index (χ3v) is 2.69. The molecule has 0 aromatic carbocycles. The molecule has 1 aliphatic rings. The van der Waals surface area contributed by atoms with Crippen molar-refractivity contribution in [3.8, 4) is 0 Å². The predicted molar refractivity (Wildman–Crippen MR) is 54.2 cm³/mol. The fourth-order valence-electron chi connectivity index (χ4n) is 1.94. The topological polar surface area (TPSA) is 39.1 Å². The van der Waals surface area contributed by atoms with Gasteiger partial charge in [0.15, 0.2) is 0 Å². The minimum absolute atomic E-state index is 0.462. The van der Waals surface area contributed by atoms with Gasteiger partial charge in [0.2, 0.25) is 0 Å². The number of methoxy groups -OCH3 is 1. The van der Waals surface area contributed by atoms with E-state index in [9.17, 15) is 0 Å². The molecular weight excluding hydrogens is 178 g/mol. The number of hydrogen-bond donors (Lipinski definition) is 1. The van der Waals surface area contributed by atoms with Gasteiger partial charge < -0.3 is 10.1 Å². The first-order valence-corrected chi connectivity index (χ1v) is 5.11. The Balaban J connectivity index is 2.24. The minimum atomic E-state index is 0.462. The van der Waals surface area contributed by atoms with E-state index >= 15 is 0 Å². The van der Waals surface area contributed by atoms with Crippen LogP contribution in [0.2, 0.25) is 0 Å². The quantitative estimate of drug-likeness (QED) is 0.773. The summed E-state index contributed by atoms with van der Waals surface area (Å²) < 4.78 is 7.20. The van der Waals surface area contributed by atoms with Gasteiger partial charge >= 0.3 is 0 Å². The highest BCUT2D eigenvalue weighted by Crippen LogP contribution is 2.22. The Labute approximate surface area is 84.3 Å². The van der Waals surface area contributed by atoms with Gasteiger partial charge in [-0.3, -0.25) is 4.68 Å². The molecule has 0 fully saturated rings. The summed E-state index contributed by atoms with van der Waals surface area (Å²) in [5.41, 5.74) is 2.53. The molecule has 1 aliphatic heterocycles. The second kappa shape index (κ2) is 4.11. The van der Waals surface area contributed by atoms with E-state index in [1.54, 1.807) is 7.11 Å². The lowest BCUT2D eigenvalue weighted by molar-refractivity contribution is 0.175.